The maximum atomic E-state index is 4.80. The molecule has 1 aromatic carbocycles. The standard InChI is InChI=1S/C20H31N5S.HI/c1-5-17-14-23-19(26-17)12-13-22-20(21-6-2)24-15-18(25(3)4)16-10-8-7-9-11-16;/h7-11,14,18H,5-6,12-13,15H2,1-4H3,(H2,21,22,24);1H. The summed E-state index contributed by atoms with van der Waals surface area (Å²) in [5, 5.41) is 7.94. The van der Waals surface area contributed by atoms with Gasteiger partial charge in [-0.05, 0) is 33.0 Å². The van der Waals surface area contributed by atoms with Crippen LogP contribution in [0.3, 0.4) is 0 Å². The maximum absolute atomic E-state index is 4.80. The number of aliphatic imine (C=N–C) groups is 1. The molecule has 2 rings (SSSR count). The number of hydrogen-bond donors (Lipinski definition) is 2. The van der Waals surface area contributed by atoms with Gasteiger partial charge >= 0.3 is 0 Å². The summed E-state index contributed by atoms with van der Waals surface area (Å²) in [5.41, 5.74) is 1.28. The number of nitrogens with one attached hydrogen (secondary N) is 2. The summed E-state index contributed by atoms with van der Waals surface area (Å²) in [7, 11) is 4.20. The number of halogens is 1. The van der Waals surface area contributed by atoms with Crippen molar-refractivity contribution in [3.8, 4) is 0 Å². The zero-order valence-corrected chi connectivity index (χ0v) is 19.9. The van der Waals surface area contributed by atoms with Crippen LogP contribution in [0.2, 0.25) is 0 Å². The Labute approximate surface area is 184 Å². The number of likely N-dealkylation sites (N-methyl/N-ethyl adjacent to an activating group) is 1. The Bertz CT molecular complexity index is 672. The number of rotatable bonds is 9. The molecule has 0 spiro atoms. The zero-order chi connectivity index (χ0) is 18.8. The lowest BCUT2D eigenvalue weighted by atomic mass is 10.1. The van der Waals surface area contributed by atoms with Crippen molar-refractivity contribution < 1.29 is 0 Å². The fourth-order valence-corrected chi connectivity index (χ4v) is 3.54. The van der Waals surface area contributed by atoms with Crippen molar-refractivity contribution in [1.29, 1.82) is 0 Å². The summed E-state index contributed by atoms with van der Waals surface area (Å²) in [6.07, 6.45) is 3.96. The molecule has 2 aromatic rings. The lowest BCUT2D eigenvalue weighted by molar-refractivity contribution is 0.306. The van der Waals surface area contributed by atoms with Crippen LogP contribution in [-0.4, -0.2) is 49.6 Å². The second-order valence-electron chi connectivity index (χ2n) is 6.36. The van der Waals surface area contributed by atoms with Crippen LogP contribution in [0.5, 0.6) is 0 Å². The van der Waals surface area contributed by atoms with Gasteiger partial charge in [-0.25, -0.2) is 4.98 Å². The Morgan fingerprint density at radius 1 is 1.19 bits per heavy atom. The van der Waals surface area contributed by atoms with Crippen molar-refractivity contribution in [2.75, 3.05) is 33.7 Å². The molecule has 0 aliphatic heterocycles. The highest BCUT2D eigenvalue weighted by Crippen LogP contribution is 2.18. The highest BCUT2D eigenvalue weighted by Gasteiger charge is 2.13. The van der Waals surface area contributed by atoms with E-state index in [4.69, 9.17) is 4.99 Å². The van der Waals surface area contributed by atoms with E-state index in [1.54, 1.807) is 11.3 Å². The Morgan fingerprint density at radius 3 is 2.52 bits per heavy atom. The molecule has 0 aliphatic rings. The van der Waals surface area contributed by atoms with Gasteiger partial charge in [-0.15, -0.1) is 35.3 Å². The third-order valence-electron chi connectivity index (χ3n) is 4.16. The molecule has 0 bridgehead atoms. The lowest BCUT2D eigenvalue weighted by Gasteiger charge is -2.23. The van der Waals surface area contributed by atoms with Gasteiger partial charge in [-0.3, -0.25) is 4.99 Å². The van der Waals surface area contributed by atoms with E-state index in [0.717, 1.165) is 31.9 Å². The van der Waals surface area contributed by atoms with Crippen molar-refractivity contribution >= 4 is 41.3 Å². The number of nitrogens with zero attached hydrogens (tertiary/aromatic N) is 3. The molecule has 2 N–H and O–H groups in total. The molecule has 7 heteroatoms. The number of aromatic nitrogens is 1. The molecule has 1 aromatic heterocycles. The molecule has 0 fully saturated rings. The van der Waals surface area contributed by atoms with Gasteiger partial charge in [-0.1, -0.05) is 37.3 Å². The van der Waals surface area contributed by atoms with Crippen LogP contribution in [0.4, 0.5) is 0 Å². The van der Waals surface area contributed by atoms with Gasteiger partial charge in [0.2, 0.25) is 0 Å². The molecule has 5 nitrogen and oxygen atoms in total. The fraction of sp³-hybridized carbons (Fsp3) is 0.500. The first-order chi connectivity index (χ1) is 12.6. The number of aryl methyl sites for hydroxylation is 1. The molecule has 1 unspecified atom stereocenters. The highest BCUT2D eigenvalue weighted by molar-refractivity contribution is 14.0. The topological polar surface area (TPSA) is 52.6 Å². The lowest BCUT2D eigenvalue weighted by Crippen LogP contribution is -2.39. The van der Waals surface area contributed by atoms with E-state index in [2.05, 4.69) is 72.7 Å². The molecule has 1 heterocycles. The molecular formula is C20H32IN5S. The van der Waals surface area contributed by atoms with Crippen LogP contribution in [0, 0.1) is 0 Å². The van der Waals surface area contributed by atoms with Crippen molar-refractivity contribution in [1.82, 2.24) is 20.5 Å². The van der Waals surface area contributed by atoms with Crippen LogP contribution in [0.1, 0.15) is 35.3 Å². The zero-order valence-electron chi connectivity index (χ0n) is 16.7. The molecular weight excluding hydrogens is 469 g/mol. The second-order valence-corrected chi connectivity index (χ2v) is 7.56. The van der Waals surface area contributed by atoms with Crippen LogP contribution in [0.25, 0.3) is 0 Å². The van der Waals surface area contributed by atoms with E-state index >= 15 is 0 Å². The van der Waals surface area contributed by atoms with Crippen molar-refractivity contribution in [3.05, 3.63) is 52.0 Å². The van der Waals surface area contributed by atoms with Gasteiger partial charge in [0.15, 0.2) is 5.96 Å². The monoisotopic (exact) mass is 501 g/mol. The Hall–Kier alpha value is -1.19. The SMILES string of the molecule is CCNC(=NCC(c1ccccc1)N(C)C)NCCc1ncc(CC)s1.I. The molecule has 0 saturated carbocycles. The summed E-state index contributed by atoms with van der Waals surface area (Å²) in [6.45, 7) is 6.65. The normalized spacial score (nSPS) is 12.6. The molecule has 0 saturated heterocycles. The van der Waals surface area contributed by atoms with E-state index in [1.807, 2.05) is 12.3 Å². The first-order valence-corrected chi connectivity index (χ1v) is 10.1. The highest BCUT2D eigenvalue weighted by atomic mass is 127. The molecule has 150 valence electrons. The van der Waals surface area contributed by atoms with Crippen molar-refractivity contribution in [2.45, 2.75) is 32.7 Å². The predicted molar refractivity (Wildman–Crippen MR) is 127 cm³/mol. The Kier molecular flexibility index (Phi) is 11.5. The van der Waals surface area contributed by atoms with Gasteiger partial charge in [-0.2, -0.15) is 0 Å². The summed E-state index contributed by atoms with van der Waals surface area (Å²) in [4.78, 5) is 12.8. The average molecular weight is 501 g/mol. The van der Waals surface area contributed by atoms with Gasteiger partial charge in [0.05, 0.1) is 17.6 Å². The number of hydrogen-bond acceptors (Lipinski definition) is 4. The van der Waals surface area contributed by atoms with Crippen molar-refractivity contribution in [3.63, 3.8) is 0 Å². The second kappa shape index (κ2) is 13.1. The third kappa shape index (κ3) is 8.15. The first-order valence-electron chi connectivity index (χ1n) is 9.31. The average Bonchev–Trinajstić information content (AvgIpc) is 3.10. The first kappa shape index (κ1) is 23.8. The molecule has 1 atom stereocenters. The van der Waals surface area contributed by atoms with E-state index in [0.29, 0.717) is 6.54 Å². The number of guanidine groups is 1. The minimum absolute atomic E-state index is 0. The van der Waals surface area contributed by atoms with Crippen LogP contribution in [0.15, 0.2) is 41.5 Å². The minimum atomic E-state index is 0. The smallest absolute Gasteiger partial charge is 0.191 e. The molecule has 0 aliphatic carbocycles. The largest absolute Gasteiger partial charge is 0.357 e. The van der Waals surface area contributed by atoms with E-state index < -0.39 is 0 Å². The van der Waals surface area contributed by atoms with Gasteiger partial charge in [0.25, 0.3) is 0 Å². The number of thiazole rings is 1. The van der Waals surface area contributed by atoms with E-state index in [-0.39, 0.29) is 30.0 Å². The quantitative estimate of drug-likeness (QED) is 0.313. The van der Waals surface area contributed by atoms with Crippen LogP contribution >= 0.6 is 35.3 Å². The summed E-state index contributed by atoms with van der Waals surface area (Å²) < 4.78 is 0. The van der Waals surface area contributed by atoms with Crippen LogP contribution < -0.4 is 10.6 Å². The number of benzene rings is 1. The minimum Gasteiger partial charge on any atom is -0.357 e. The fourth-order valence-electron chi connectivity index (χ4n) is 2.68. The summed E-state index contributed by atoms with van der Waals surface area (Å²) in [6, 6.07) is 10.8. The maximum Gasteiger partial charge on any atom is 0.191 e. The van der Waals surface area contributed by atoms with Gasteiger partial charge in [0, 0.05) is 30.6 Å². The molecule has 27 heavy (non-hydrogen) atoms. The van der Waals surface area contributed by atoms with Crippen LogP contribution in [-0.2, 0) is 12.8 Å². The van der Waals surface area contributed by atoms with E-state index in [1.165, 1.54) is 15.4 Å². The van der Waals surface area contributed by atoms with Gasteiger partial charge < -0.3 is 15.5 Å². The predicted octanol–water partition coefficient (Wildman–Crippen LogP) is 3.72. The summed E-state index contributed by atoms with van der Waals surface area (Å²) >= 11 is 1.80. The third-order valence-corrected chi connectivity index (χ3v) is 5.36. The van der Waals surface area contributed by atoms with Gasteiger partial charge in [0.1, 0.15) is 0 Å². The Balaban J connectivity index is 0.00000364. The van der Waals surface area contributed by atoms with E-state index in [9.17, 15) is 0 Å². The van der Waals surface area contributed by atoms with Crippen molar-refractivity contribution in [2.24, 2.45) is 4.99 Å². The molecule has 0 amide bonds. The molecule has 0 radical (unpaired) electrons. The Morgan fingerprint density at radius 2 is 1.93 bits per heavy atom. The summed E-state index contributed by atoms with van der Waals surface area (Å²) in [5.74, 6) is 0.863.